The van der Waals surface area contributed by atoms with E-state index in [2.05, 4.69) is 83.1 Å². The van der Waals surface area contributed by atoms with E-state index in [4.69, 9.17) is 10.7 Å². The minimum atomic E-state index is -4.08. The molecule has 0 amide bonds. The molecule has 0 N–H and O–H groups in total. The van der Waals surface area contributed by atoms with Gasteiger partial charge in [0.1, 0.15) is 0 Å². The summed E-state index contributed by atoms with van der Waals surface area (Å²) in [6.07, 6.45) is 15.8. The summed E-state index contributed by atoms with van der Waals surface area (Å²) in [5, 5.41) is 0. The number of unbranched alkanes of at least 4 members (excludes halogenated alkanes) is 6. The molecule has 0 aliphatic carbocycles. The fraction of sp³-hybridized carbons (Fsp3) is 1.00. The molecule has 0 rings (SSSR count). The monoisotopic (exact) mass is 468 g/mol. The Morgan fingerprint density at radius 1 is 0.379 bits per heavy atom. The van der Waals surface area contributed by atoms with Gasteiger partial charge in [0.05, 0.1) is 0 Å². The average molecular weight is 469 g/mol. The molecule has 5 heteroatoms. The van der Waals surface area contributed by atoms with Crippen LogP contribution in [-0.4, -0.2) is 23.1 Å². The Hall–Kier alpha value is 1.20. The van der Waals surface area contributed by atoms with Gasteiger partial charge in [-0.2, -0.15) is 0 Å². The molecule has 0 spiro atoms. The van der Waals surface area contributed by atoms with Gasteiger partial charge in [0.2, 0.25) is 0 Å². The SMILES string of the molecule is CCCC.CCCC.CCCC.CCCC.CCCC.CCCC.[Mg+2].[O]=[Ti]([O-])[O-]. The van der Waals surface area contributed by atoms with Gasteiger partial charge in [0.25, 0.3) is 0 Å². The van der Waals surface area contributed by atoms with Gasteiger partial charge in [-0.1, -0.05) is 160 Å². The average Bonchev–Trinajstić information content (AvgIpc) is 2.73. The third-order valence-electron chi connectivity index (χ3n) is 3.00. The first-order valence-electron chi connectivity index (χ1n) is 12.1. The molecule has 0 unspecified atom stereocenters. The summed E-state index contributed by atoms with van der Waals surface area (Å²) in [4.78, 5) is 0. The molecule has 3 nitrogen and oxygen atoms in total. The normalized spacial score (nSPS) is 7.10. The fourth-order valence-electron chi connectivity index (χ4n) is 0. The fourth-order valence-corrected chi connectivity index (χ4v) is 0. The summed E-state index contributed by atoms with van der Waals surface area (Å²) >= 11 is -4.08. The zero-order valence-electron chi connectivity index (χ0n) is 22.9. The molecular formula is C24H60MgO3Ti. The van der Waals surface area contributed by atoms with Crippen LogP contribution in [0.5, 0.6) is 0 Å². The first kappa shape index (κ1) is 52.2. The van der Waals surface area contributed by atoms with Crippen molar-refractivity contribution >= 4 is 23.1 Å². The van der Waals surface area contributed by atoms with Gasteiger partial charge in [0, 0.05) is 0 Å². The summed E-state index contributed by atoms with van der Waals surface area (Å²) in [5.74, 6) is 0. The first-order chi connectivity index (χ1) is 13.2. The molecule has 0 saturated heterocycles. The quantitative estimate of drug-likeness (QED) is 0.371. The summed E-state index contributed by atoms with van der Waals surface area (Å²) in [6.45, 7) is 26.2. The summed E-state index contributed by atoms with van der Waals surface area (Å²) in [5.41, 5.74) is 0. The molecule has 180 valence electrons. The Labute approximate surface area is 211 Å². The van der Waals surface area contributed by atoms with Crippen molar-refractivity contribution in [1.29, 1.82) is 0 Å². The summed E-state index contributed by atoms with van der Waals surface area (Å²) < 4.78 is 25.8. The number of rotatable bonds is 6. The maximum atomic E-state index is 8.58. The number of hydrogen-bond donors (Lipinski definition) is 0. The van der Waals surface area contributed by atoms with E-state index in [0.29, 0.717) is 0 Å². The predicted molar refractivity (Wildman–Crippen MR) is 130 cm³/mol. The molecule has 0 fully saturated rings. The van der Waals surface area contributed by atoms with Crippen LogP contribution in [0.4, 0.5) is 0 Å². The van der Waals surface area contributed by atoms with E-state index in [1.54, 1.807) is 0 Å². The second kappa shape index (κ2) is 88.5. The van der Waals surface area contributed by atoms with Gasteiger partial charge in [-0.3, -0.25) is 0 Å². The van der Waals surface area contributed by atoms with E-state index in [1.165, 1.54) is 77.0 Å². The maximum absolute atomic E-state index is 8.58. The van der Waals surface area contributed by atoms with E-state index < -0.39 is 18.6 Å². The molecule has 0 atom stereocenters. The van der Waals surface area contributed by atoms with Crippen molar-refractivity contribution < 1.29 is 29.3 Å². The second-order valence-corrected chi connectivity index (χ2v) is 7.03. The van der Waals surface area contributed by atoms with E-state index >= 15 is 0 Å². The van der Waals surface area contributed by atoms with Crippen molar-refractivity contribution in [3.8, 4) is 0 Å². The molecular weight excluding hydrogens is 408 g/mol. The Kier molecular flexibility index (Phi) is 159. The molecule has 29 heavy (non-hydrogen) atoms. The first-order valence-corrected chi connectivity index (χ1v) is 14.0. The number of hydrogen-bond acceptors (Lipinski definition) is 3. The van der Waals surface area contributed by atoms with E-state index in [1.807, 2.05) is 0 Å². The van der Waals surface area contributed by atoms with Crippen LogP contribution >= 0.6 is 0 Å². The van der Waals surface area contributed by atoms with Crippen molar-refractivity contribution in [3.05, 3.63) is 0 Å². The molecule has 0 aromatic rings. The Bertz CT molecular complexity index is 125. The topological polar surface area (TPSA) is 63.2 Å². The van der Waals surface area contributed by atoms with Crippen LogP contribution in [0.15, 0.2) is 0 Å². The van der Waals surface area contributed by atoms with Crippen molar-refractivity contribution in [1.82, 2.24) is 0 Å². The predicted octanol–water partition coefficient (Wildman–Crippen LogP) is 7.96. The van der Waals surface area contributed by atoms with Crippen molar-refractivity contribution in [2.45, 2.75) is 160 Å². The van der Waals surface area contributed by atoms with Gasteiger partial charge >= 0.3 is 52.4 Å². The van der Waals surface area contributed by atoms with Gasteiger partial charge in [-0.25, -0.2) is 0 Å². The minimum absolute atomic E-state index is 0. The van der Waals surface area contributed by atoms with Crippen LogP contribution in [0.1, 0.15) is 160 Å². The molecule has 0 aromatic heterocycles. The van der Waals surface area contributed by atoms with Gasteiger partial charge in [-0.05, 0) is 0 Å². The van der Waals surface area contributed by atoms with Crippen LogP contribution in [0, 0.1) is 0 Å². The molecule has 0 aliphatic heterocycles. The van der Waals surface area contributed by atoms with Crippen LogP contribution < -0.4 is 7.38 Å². The third kappa shape index (κ3) is 417. The van der Waals surface area contributed by atoms with Gasteiger partial charge in [-0.15, -0.1) is 0 Å². The molecule has 0 radical (unpaired) electrons. The van der Waals surface area contributed by atoms with Gasteiger partial charge in [0.15, 0.2) is 0 Å². The van der Waals surface area contributed by atoms with Crippen LogP contribution in [0.2, 0.25) is 0 Å². The third-order valence-corrected chi connectivity index (χ3v) is 3.00. The van der Waals surface area contributed by atoms with E-state index in [0.717, 1.165) is 0 Å². The van der Waals surface area contributed by atoms with Crippen molar-refractivity contribution in [3.63, 3.8) is 0 Å². The van der Waals surface area contributed by atoms with E-state index in [-0.39, 0.29) is 23.1 Å². The van der Waals surface area contributed by atoms with Crippen LogP contribution in [0.3, 0.4) is 0 Å². The van der Waals surface area contributed by atoms with Crippen LogP contribution in [-0.2, 0) is 21.9 Å². The van der Waals surface area contributed by atoms with Gasteiger partial charge < -0.3 is 0 Å². The Morgan fingerprint density at radius 3 is 0.414 bits per heavy atom. The van der Waals surface area contributed by atoms with E-state index in [9.17, 15) is 0 Å². The molecule has 0 saturated carbocycles. The second-order valence-electron chi connectivity index (χ2n) is 6.25. The van der Waals surface area contributed by atoms with Crippen molar-refractivity contribution in [2.75, 3.05) is 0 Å². The summed E-state index contributed by atoms with van der Waals surface area (Å²) in [6, 6.07) is 0. The molecule has 0 bridgehead atoms. The standard InChI is InChI=1S/6C4H10.Mg.3O.Ti/c6*1-3-4-2;;;;;/h6*3-4H2,1-2H3;;;;;/q;;;;;;+2;;2*-1;. The Morgan fingerprint density at radius 2 is 0.414 bits per heavy atom. The van der Waals surface area contributed by atoms with Crippen LogP contribution in [0.25, 0.3) is 0 Å². The zero-order chi connectivity index (χ0) is 24.1. The Balaban J connectivity index is -0.0000000294. The zero-order valence-corrected chi connectivity index (χ0v) is 25.9. The van der Waals surface area contributed by atoms with Crippen molar-refractivity contribution in [2.24, 2.45) is 0 Å². The molecule has 0 aliphatic rings. The molecule has 0 aromatic carbocycles. The molecule has 0 heterocycles. The summed E-state index contributed by atoms with van der Waals surface area (Å²) in [7, 11) is 0.